The van der Waals surface area contributed by atoms with Gasteiger partial charge in [0.1, 0.15) is 17.2 Å². The van der Waals surface area contributed by atoms with Crippen molar-refractivity contribution >= 4 is 33.0 Å². The Balaban J connectivity index is 1.91. The van der Waals surface area contributed by atoms with Crippen molar-refractivity contribution in [3.8, 4) is 5.75 Å². The van der Waals surface area contributed by atoms with Crippen LogP contribution < -0.4 is 15.4 Å². The van der Waals surface area contributed by atoms with Crippen molar-refractivity contribution < 1.29 is 31.8 Å². The Bertz CT molecular complexity index is 1190. The lowest BCUT2D eigenvalue weighted by atomic mass is 9.95. The highest BCUT2D eigenvalue weighted by Crippen LogP contribution is 2.27. The van der Waals surface area contributed by atoms with Crippen LogP contribution in [0.3, 0.4) is 0 Å². The molecule has 0 aromatic carbocycles. The SMILES string of the molecule is CC1(NC(=O)c2cnc(Nc3cncc(OC(F)F)c3)c(C(=N)C(C)(C)O)c2)CS(=O)(=O)C1. The van der Waals surface area contributed by atoms with Crippen LogP contribution in [0.2, 0.25) is 0 Å². The van der Waals surface area contributed by atoms with Gasteiger partial charge in [0.15, 0.2) is 9.84 Å². The number of pyridine rings is 2. The summed E-state index contributed by atoms with van der Waals surface area (Å²) in [6, 6.07) is 2.57. The third-order valence-corrected chi connectivity index (χ3v) is 6.88. The van der Waals surface area contributed by atoms with E-state index in [2.05, 4.69) is 25.3 Å². The summed E-state index contributed by atoms with van der Waals surface area (Å²) in [5.41, 5.74) is -2.44. The summed E-state index contributed by atoms with van der Waals surface area (Å²) in [5.74, 6) is -1.10. The largest absolute Gasteiger partial charge is 0.433 e. The van der Waals surface area contributed by atoms with Gasteiger partial charge in [-0.3, -0.25) is 9.78 Å². The van der Waals surface area contributed by atoms with Gasteiger partial charge in [-0.25, -0.2) is 13.4 Å². The maximum Gasteiger partial charge on any atom is 0.387 e. The lowest BCUT2D eigenvalue weighted by Gasteiger charge is -2.38. The molecule has 1 aliphatic heterocycles. The molecule has 2 aromatic rings. The van der Waals surface area contributed by atoms with E-state index in [1.165, 1.54) is 38.4 Å². The maximum absolute atomic E-state index is 12.7. The normalized spacial score (nSPS) is 16.6. The summed E-state index contributed by atoms with van der Waals surface area (Å²) in [6.07, 6.45) is 3.62. The van der Waals surface area contributed by atoms with E-state index < -0.39 is 33.5 Å². The fourth-order valence-electron chi connectivity index (χ4n) is 3.35. The minimum atomic E-state index is -3.18. The predicted molar refractivity (Wildman–Crippen MR) is 116 cm³/mol. The molecule has 0 bridgehead atoms. The predicted octanol–water partition coefficient (Wildman–Crippen LogP) is 1.88. The first kappa shape index (κ1) is 24.5. The van der Waals surface area contributed by atoms with Gasteiger partial charge >= 0.3 is 6.61 Å². The Morgan fingerprint density at radius 2 is 1.94 bits per heavy atom. The Morgan fingerprint density at radius 1 is 1.27 bits per heavy atom. The molecule has 13 heteroatoms. The molecule has 1 saturated heterocycles. The zero-order valence-electron chi connectivity index (χ0n) is 18.0. The summed E-state index contributed by atoms with van der Waals surface area (Å²) < 4.78 is 52.3. The van der Waals surface area contributed by atoms with Crippen LogP contribution in [0.15, 0.2) is 30.7 Å². The van der Waals surface area contributed by atoms with Gasteiger partial charge in [-0.2, -0.15) is 8.78 Å². The van der Waals surface area contributed by atoms with Gasteiger partial charge in [0, 0.05) is 17.8 Å². The van der Waals surface area contributed by atoms with Crippen LogP contribution in [0, 0.1) is 5.41 Å². The van der Waals surface area contributed by atoms with Gasteiger partial charge in [-0.1, -0.05) is 0 Å². The van der Waals surface area contributed by atoms with Crippen molar-refractivity contribution in [3.05, 3.63) is 41.9 Å². The smallest absolute Gasteiger partial charge is 0.387 e. The van der Waals surface area contributed by atoms with Crippen LogP contribution in [0.5, 0.6) is 5.75 Å². The lowest BCUT2D eigenvalue weighted by Crippen LogP contribution is -2.63. The van der Waals surface area contributed by atoms with Gasteiger partial charge < -0.3 is 25.9 Å². The number of aliphatic hydroxyl groups is 1. The standard InChI is InChI=1S/C20H23F2N5O5S/c1-19(2,29)15(23)14-4-11(17(28)27-20(3)9-33(30,31)10-20)6-25-16(14)26-12-5-13(8-24-7-12)32-18(21)22/h4-8,18,23,29H,9-10H2,1-3H3,(H,25,26)(H,27,28). The minimum Gasteiger partial charge on any atom is -0.433 e. The summed E-state index contributed by atoms with van der Waals surface area (Å²) >= 11 is 0. The molecule has 33 heavy (non-hydrogen) atoms. The molecule has 2 aromatic heterocycles. The summed E-state index contributed by atoms with van der Waals surface area (Å²) in [6.45, 7) is 1.33. The number of alkyl halides is 2. The molecule has 1 fully saturated rings. The van der Waals surface area contributed by atoms with Gasteiger partial charge in [-0.15, -0.1) is 0 Å². The highest BCUT2D eigenvalue weighted by Gasteiger charge is 2.45. The summed E-state index contributed by atoms with van der Waals surface area (Å²) in [7, 11) is -3.18. The third kappa shape index (κ3) is 5.99. The average Bonchev–Trinajstić information content (AvgIpc) is 2.64. The number of ether oxygens (including phenoxy) is 1. The molecular formula is C20H23F2N5O5S. The zero-order chi connectivity index (χ0) is 24.6. The second-order valence-corrected chi connectivity index (χ2v) is 10.6. The van der Waals surface area contributed by atoms with Crippen LogP contribution in [-0.4, -0.2) is 64.4 Å². The van der Waals surface area contributed by atoms with Crippen molar-refractivity contribution in [1.82, 2.24) is 15.3 Å². The highest BCUT2D eigenvalue weighted by molar-refractivity contribution is 7.93. The first-order chi connectivity index (χ1) is 15.2. The molecule has 0 radical (unpaired) electrons. The molecule has 3 heterocycles. The van der Waals surface area contributed by atoms with E-state index in [4.69, 9.17) is 5.41 Å². The number of sulfone groups is 1. The van der Waals surface area contributed by atoms with Gasteiger partial charge in [0.05, 0.1) is 46.4 Å². The summed E-state index contributed by atoms with van der Waals surface area (Å²) in [4.78, 5) is 20.7. The average molecular weight is 483 g/mol. The molecule has 0 spiro atoms. The number of nitrogens with one attached hydrogen (secondary N) is 3. The zero-order valence-corrected chi connectivity index (χ0v) is 18.8. The van der Waals surface area contributed by atoms with Crippen molar-refractivity contribution in [1.29, 1.82) is 5.41 Å². The van der Waals surface area contributed by atoms with Crippen molar-refractivity contribution in [2.24, 2.45) is 0 Å². The van der Waals surface area contributed by atoms with Gasteiger partial charge in [-0.05, 0) is 26.8 Å². The molecule has 0 unspecified atom stereocenters. The van der Waals surface area contributed by atoms with Crippen molar-refractivity contribution in [2.45, 2.75) is 38.5 Å². The Hall–Kier alpha value is -3.19. The first-order valence-electron chi connectivity index (χ1n) is 9.69. The molecule has 178 valence electrons. The molecule has 10 nitrogen and oxygen atoms in total. The Morgan fingerprint density at radius 3 is 2.52 bits per heavy atom. The topological polar surface area (TPSA) is 154 Å². The maximum atomic E-state index is 12.7. The van der Waals surface area contributed by atoms with Gasteiger partial charge in [0.2, 0.25) is 0 Å². The third-order valence-electron chi connectivity index (χ3n) is 4.72. The molecule has 1 amide bonds. The molecule has 0 aliphatic carbocycles. The van der Waals surface area contributed by atoms with Gasteiger partial charge in [0.25, 0.3) is 5.91 Å². The Kier molecular flexibility index (Phi) is 6.40. The number of nitrogens with zero attached hydrogens (tertiary/aromatic N) is 2. The van der Waals surface area contributed by atoms with Crippen LogP contribution in [-0.2, 0) is 9.84 Å². The van der Waals surface area contributed by atoms with Crippen LogP contribution >= 0.6 is 0 Å². The monoisotopic (exact) mass is 483 g/mol. The van der Waals surface area contributed by atoms with Crippen LogP contribution in [0.1, 0.15) is 36.7 Å². The summed E-state index contributed by atoms with van der Waals surface area (Å²) in [5, 5.41) is 24.2. The van der Waals surface area contributed by atoms with E-state index in [-0.39, 0.29) is 45.6 Å². The van der Waals surface area contributed by atoms with E-state index in [9.17, 15) is 27.1 Å². The lowest BCUT2D eigenvalue weighted by molar-refractivity contribution is -0.0500. The van der Waals surface area contributed by atoms with E-state index in [1.807, 2.05) is 0 Å². The van der Waals surface area contributed by atoms with Crippen molar-refractivity contribution in [2.75, 3.05) is 16.8 Å². The molecule has 1 aliphatic rings. The quantitative estimate of drug-likeness (QED) is 0.415. The minimum absolute atomic E-state index is 0.0444. The number of carbonyl (C=O) groups is 1. The number of hydrogen-bond donors (Lipinski definition) is 4. The van der Waals surface area contributed by atoms with Crippen LogP contribution in [0.25, 0.3) is 0 Å². The number of anilines is 2. The molecule has 0 atom stereocenters. The first-order valence-corrected chi connectivity index (χ1v) is 11.5. The number of carbonyl (C=O) groups excluding carboxylic acids is 1. The van der Waals surface area contributed by atoms with E-state index in [0.29, 0.717) is 0 Å². The fourth-order valence-corrected chi connectivity index (χ4v) is 5.35. The van der Waals surface area contributed by atoms with E-state index in [0.717, 1.165) is 6.20 Å². The number of hydrogen-bond acceptors (Lipinski definition) is 9. The van der Waals surface area contributed by atoms with Crippen molar-refractivity contribution in [3.63, 3.8) is 0 Å². The second kappa shape index (κ2) is 8.63. The molecule has 3 rings (SSSR count). The number of amides is 1. The van der Waals surface area contributed by atoms with E-state index >= 15 is 0 Å². The van der Waals surface area contributed by atoms with E-state index in [1.54, 1.807) is 6.92 Å². The fraction of sp³-hybridized carbons (Fsp3) is 0.400. The highest BCUT2D eigenvalue weighted by atomic mass is 32.2. The number of rotatable bonds is 8. The number of halogens is 2. The number of aromatic nitrogens is 2. The second-order valence-electron chi connectivity index (χ2n) is 8.51. The molecule has 4 N–H and O–H groups in total. The van der Waals surface area contributed by atoms with Crippen LogP contribution in [0.4, 0.5) is 20.3 Å². The Labute approximate surface area is 188 Å². The molecule has 0 saturated carbocycles. The molecular weight excluding hydrogens is 460 g/mol.